The predicted molar refractivity (Wildman–Crippen MR) is 117 cm³/mol. The lowest BCUT2D eigenvalue weighted by molar-refractivity contribution is -0.137. The number of hydrogen-bond donors (Lipinski definition) is 1. The third-order valence-electron chi connectivity index (χ3n) is 5.22. The lowest BCUT2D eigenvalue weighted by atomic mass is 9.98. The fourth-order valence-corrected chi connectivity index (χ4v) is 5.72. The predicted octanol–water partition coefficient (Wildman–Crippen LogP) is 4.87. The van der Waals surface area contributed by atoms with Crippen molar-refractivity contribution in [2.75, 3.05) is 13.1 Å². The number of piperidine rings is 1. The van der Waals surface area contributed by atoms with E-state index in [1.54, 1.807) is 12.1 Å². The molecule has 1 heterocycles. The van der Waals surface area contributed by atoms with E-state index < -0.39 is 33.6 Å². The number of halogens is 5. The molecular formula is C21H21Cl2F3N2O3S. The summed E-state index contributed by atoms with van der Waals surface area (Å²) in [5.41, 5.74) is -0.0712. The van der Waals surface area contributed by atoms with Crippen LogP contribution in [0.1, 0.15) is 29.5 Å². The van der Waals surface area contributed by atoms with Crippen LogP contribution >= 0.6 is 23.2 Å². The third kappa shape index (κ3) is 6.37. The van der Waals surface area contributed by atoms with Crippen LogP contribution in [0.5, 0.6) is 0 Å². The quantitative estimate of drug-likeness (QED) is 0.605. The molecule has 0 saturated carbocycles. The molecule has 1 saturated heterocycles. The van der Waals surface area contributed by atoms with Crippen LogP contribution in [0, 0.1) is 5.92 Å². The molecule has 0 radical (unpaired) electrons. The topological polar surface area (TPSA) is 66.5 Å². The Balaban J connectivity index is 1.62. The average Bonchev–Trinajstić information content (AvgIpc) is 2.74. The average molecular weight is 509 g/mol. The number of sulfonamides is 1. The van der Waals surface area contributed by atoms with Gasteiger partial charge < -0.3 is 5.32 Å². The minimum Gasteiger partial charge on any atom is -0.352 e. The normalized spacial score (nSPS) is 17.8. The van der Waals surface area contributed by atoms with Crippen molar-refractivity contribution in [1.82, 2.24) is 9.62 Å². The van der Waals surface area contributed by atoms with Crippen LogP contribution < -0.4 is 5.32 Å². The second kappa shape index (κ2) is 9.99. The van der Waals surface area contributed by atoms with Crippen molar-refractivity contribution in [2.45, 2.75) is 31.3 Å². The van der Waals surface area contributed by atoms with Gasteiger partial charge >= 0.3 is 6.18 Å². The lowest BCUT2D eigenvalue weighted by Crippen LogP contribution is -2.45. The van der Waals surface area contributed by atoms with Crippen LogP contribution in [-0.4, -0.2) is 31.7 Å². The summed E-state index contributed by atoms with van der Waals surface area (Å²) in [6.45, 7) is 0.208. The number of amides is 1. The summed E-state index contributed by atoms with van der Waals surface area (Å²) in [4.78, 5) is 12.6. The molecule has 32 heavy (non-hydrogen) atoms. The van der Waals surface area contributed by atoms with Gasteiger partial charge in [-0.15, -0.1) is 0 Å². The molecule has 1 N–H and O–H groups in total. The SMILES string of the molecule is O=C(NCc1cccc(C(F)(F)F)c1)[C@@H]1CCCN(S(=O)(=O)Cc2ccc(Cl)cc2Cl)C1. The number of carbonyl (C=O) groups is 1. The Morgan fingerprint density at radius 3 is 2.59 bits per heavy atom. The molecule has 5 nitrogen and oxygen atoms in total. The van der Waals surface area contributed by atoms with Crippen molar-refractivity contribution in [3.05, 3.63) is 69.2 Å². The van der Waals surface area contributed by atoms with Gasteiger partial charge in [-0.2, -0.15) is 13.2 Å². The molecule has 1 atom stereocenters. The van der Waals surface area contributed by atoms with Crippen molar-refractivity contribution in [3.8, 4) is 0 Å². The Morgan fingerprint density at radius 1 is 1.16 bits per heavy atom. The number of benzene rings is 2. The van der Waals surface area contributed by atoms with Gasteiger partial charge in [0.2, 0.25) is 15.9 Å². The maximum absolute atomic E-state index is 12.9. The zero-order chi connectivity index (χ0) is 23.5. The number of carbonyl (C=O) groups excluding carboxylic acids is 1. The summed E-state index contributed by atoms with van der Waals surface area (Å²) < 4.78 is 65.5. The molecule has 1 fully saturated rings. The molecule has 1 aliphatic heterocycles. The molecule has 1 aliphatic rings. The monoisotopic (exact) mass is 508 g/mol. The van der Waals surface area contributed by atoms with E-state index in [1.807, 2.05) is 0 Å². The summed E-state index contributed by atoms with van der Waals surface area (Å²) in [5.74, 6) is -1.31. The Labute approximate surface area is 194 Å². The maximum atomic E-state index is 12.9. The Morgan fingerprint density at radius 2 is 1.91 bits per heavy atom. The van der Waals surface area contributed by atoms with Crippen LogP contribution in [0.25, 0.3) is 0 Å². The molecule has 1 amide bonds. The molecule has 0 aliphatic carbocycles. The van der Waals surface area contributed by atoms with Gasteiger partial charge in [0.1, 0.15) is 0 Å². The molecule has 0 unspecified atom stereocenters. The first-order chi connectivity index (χ1) is 15.0. The van der Waals surface area contributed by atoms with E-state index in [2.05, 4.69) is 5.32 Å². The van der Waals surface area contributed by atoms with E-state index in [1.165, 1.54) is 22.5 Å². The number of rotatable bonds is 6. The molecule has 2 aromatic carbocycles. The summed E-state index contributed by atoms with van der Waals surface area (Å²) in [6.07, 6.45) is -3.48. The van der Waals surface area contributed by atoms with Gasteiger partial charge in [0.05, 0.1) is 17.2 Å². The highest BCUT2D eigenvalue weighted by Crippen LogP contribution is 2.30. The van der Waals surface area contributed by atoms with Gasteiger partial charge in [0.15, 0.2) is 0 Å². The van der Waals surface area contributed by atoms with Gasteiger partial charge in [0, 0.05) is 29.7 Å². The summed E-state index contributed by atoms with van der Waals surface area (Å²) >= 11 is 11.9. The van der Waals surface area contributed by atoms with Crippen molar-refractivity contribution >= 4 is 39.1 Å². The molecule has 0 spiro atoms. The number of nitrogens with zero attached hydrogens (tertiary/aromatic N) is 1. The zero-order valence-electron chi connectivity index (χ0n) is 16.8. The molecular weight excluding hydrogens is 488 g/mol. The van der Waals surface area contributed by atoms with Gasteiger partial charge in [-0.1, -0.05) is 41.4 Å². The molecule has 2 aromatic rings. The smallest absolute Gasteiger partial charge is 0.352 e. The van der Waals surface area contributed by atoms with Crippen molar-refractivity contribution in [2.24, 2.45) is 5.92 Å². The van der Waals surface area contributed by atoms with E-state index >= 15 is 0 Å². The van der Waals surface area contributed by atoms with E-state index in [0.29, 0.717) is 29.0 Å². The van der Waals surface area contributed by atoms with E-state index in [0.717, 1.165) is 12.1 Å². The summed E-state index contributed by atoms with van der Waals surface area (Å²) in [7, 11) is -3.73. The summed E-state index contributed by atoms with van der Waals surface area (Å²) in [6, 6.07) is 9.28. The number of alkyl halides is 3. The van der Waals surface area contributed by atoms with Crippen LogP contribution in [0.4, 0.5) is 13.2 Å². The Kier molecular flexibility index (Phi) is 7.75. The van der Waals surface area contributed by atoms with E-state index in [-0.39, 0.29) is 30.4 Å². The van der Waals surface area contributed by atoms with Crippen LogP contribution in [-0.2, 0) is 33.3 Å². The third-order valence-corrected chi connectivity index (χ3v) is 7.60. The van der Waals surface area contributed by atoms with Crippen LogP contribution in [0.3, 0.4) is 0 Å². The number of nitrogens with one attached hydrogen (secondary N) is 1. The Hall–Kier alpha value is -1.81. The molecule has 0 aromatic heterocycles. The highest BCUT2D eigenvalue weighted by Gasteiger charge is 2.33. The van der Waals surface area contributed by atoms with Crippen molar-refractivity contribution < 1.29 is 26.4 Å². The highest BCUT2D eigenvalue weighted by molar-refractivity contribution is 7.88. The maximum Gasteiger partial charge on any atom is 0.416 e. The molecule has 174 valence electrons. The van der Waals surface area contributed by atoms with Gasteiger partial charge in [0.25, 0.3) is 0 Å². The highest BCUT2D eigenvalue weighted by atomic mass is 35.5. The van der Waals surface area contributed by atoms with Crippen molar-refractivity contribution in [1.29, 1.82) is 0 Å². The molecule has 11 heteroatoms. The first kappa shape index (κ1) is 24.8. The summed E-state index contributed by atoms with van der Waals surface area (Å²) in [5, 5.41) is 3.26. The standard InChI is InChI=1S/C21H21Cl2F3N2O3S/c22-18-7-6-16(19(23)10-18)13-32(30,31)28-8-2-4-15(12-28)20(29)27-11-14-3-1-5-17(9-14)21(24,25)26/h1,3,5-7,9-10,15H,2,4,8,11-13H2,(H,27,29)/t15-/m1/s1. The first-order valence-electron chi connectivity index (χ1n) is 9.81. The van der Waals surface area contributed by atoms with Gasteiger partial charge in [-0.3, -0.25) is 4.79 Å². The minimum atomic E-state index is -4.47. The zero-order valence-corrected chi connectivity index (χ0v) is 19.2. The molecule has 0 bridgehead atoms. The van der Waals surface area contributed by atoms with E-state index in [9.17, 15) is 26.4 Å². The van der Waals surface area contributed by atoms with Crippen LogP contribution in [0.2, 0.25) is 10.0 Å². The van der Waals surface area contributed by atoms with Crippen LogP contribution in [0.15, 0.2) is 42.5 Å². The first-order valence-corrected chi connectivity index (χ1v) is 12.2. The van der Waals surface area contributed by atoms with Gasteiger partial charge in [-0.25, -0.2) is 12.7 Å². The fraction of sp³-hybridized carbons (Fsp3) is 0.381. The molecule has 3 rings (SSSR count). The van der Waals surface area contributed by atoms with E-state index in [4.69, 9.17) is 23.2 Å². The fourth-order valence-electron chi connectivity index (χ4n) is 3.53. The second-order valence-electron chi connectivity index (χ2n) is 7.61. The van der Waals surface area contributed by atoms with Gasteiger partial charge in [-0.05, 0) is 48.2 Å². The Bertz CT molecular complexity index is 1090. The number of hydrogen-bond acceptors (Lipinski definition) is 3. The minimum absolute atomic E-state index is 0.00195. The lowest BCUT2D eigenvalue weighted by Gasteiger charge is -2.31. The second-order valence-corrected chi connectivity index (χ2v) is 10.4. The van der Waals surface area contributed by atoms with Crippen molar-refractivity contribution in [3.63, 3.8) is 0 Å². The largest absolute Gasteiger partial charge is 0.416 e.